The summed E-state index contributed by atoms with van der Waals surface area (Å²) in [6.45, 7) is 2.58. The zero-order valence-electron chi connectivity index (χ0n) is 17.6. The predicted octanol–water partition coefficient (Wildman–Crippen LogP) is 4.85. The molecule has 1 aliphatic rings. The van der Waals surface area contributed by atoms with Crippen LogP contribution in [0.25, 0.3) is 0 Å². The summed E-state index contributed by atoms with van der Waals surface area (Å²) >= 11 is 0. The van der Waals surface area contributed by atoms with E-state index < -0.39 is 17.6 Å². The second-order valence-corrected chi connectivity index (χ2v) is 7.28. The molecular weight excluding hydrogens is 423 g/mol. The van der Waals surface area contributed by atoms with Crippen LogP contribution in [0.1, 0.15) is 43.7 Å². The maximum Gasteiger partial charge on any atom is 0.416 e. The summed E-state index contributed by atoms with van der Waals surface area (Å²) in [7, 11) is 0. The highest BCUT2D eigenvalue weighted by Gasteiger charge is 2.31. The van der Waals surface area contributed by atoms with Crippen LogP contribution in [-0.2, 0) is 15.8 Å². The minimum atomic E-state index is -4.55. The van der Waals surface area contributed by atoms with Gasteiger partial charge in [-0.3, -0.25) is 9.59 Å². The lowest BCUT2D eigenvalue weighted by molar-refractivity contribution is -0.137. The number of alkyl halides is 3. The van der Waals surface area contributed by atoms with E-state index in [9.17, 15) is 22.8 Å². The number of carbonyl (C=O) groups is 2. The normalized spacial score (nSPS) is 13.6. The van der Waals surface area contributed by atoms with Crippen LogP contribution in [0.3, 0.4) is 0 Å². The van der Waals surface area contributed by atoms with Crippen molar-refractivity contribution >= 4 is 23.2 Å². The topological polar surface area (TPSA) is 71.0 Å². The molecule has 0 saturated carbocycles. The number of nitrogens with zero attached hydrogens (tertiary/aromatic N) is 2. The van der Waals surface area contributed by atoms with Gasteiger partial charge in [-0.1, -0.05) is 37.3 Å². The Morgan fingerprint density at radius 3 is 2.56 bits per heavy atom. The van der Waals surface area contributed by atoms with Gasteiger partial charge in [0, 0.05) is 19.3 Å². The molecule has 0 aliphatic carbocycles. The van der Waals surface area contributed by atoms with E-state index >= 15 is 0 Å². The van der Waals surface area contributed by atoms with Gasteiger partial charge in [-0.25, -0.2) is 5.01 Å². The predicted molar refractivity (Wildman–Crippen MR) is 114 cm³/mol. The molecule has 1 N–H and O–H groups in total. The first-order valence-corrected chi connectivity index (χ1v) is 10.3. The number of hydrogen-bond acceptors (Lipinski definition) is 4. The Bertz CT molecular complexity index is 991. The number of nitrogens with one attached hydrogen (secondary N) is 1. The van der Waals surface area contributed by atoms with Crippen LogP contribution in [0.2, 0.25) is 0 Å². The number of amides is 2. The first-order chi connectivity index (χ1) is 15.3. The number of halogens is 3. The molecule has 32 heavy (non-hydrogen) atoms. The number of hydrazone groups is 1. The van der Waals surface area contributed by atoms with Crippen LogP contribution < -0.4 is 10.1 Å². The third-order valence-electron chi connectivity index (χ3n) is 4.81. The first kappa shape index (κ1) is 23.3. The first-order valence-electron chi connectivity index (χ1n) is 10.3. The molecule has 0 unspecified atom stereocenters. The van der Waals surface area contributed by atoms with Crippen LogP contribution in [0.15, 0.2) is 53.6 Å². The van der Waals surface area contributed by atoms with E-state index in [0.717, 1.165) is 23.4 Å². The van der Waals surface area contributed by atoms with Gasteiger partial charge in [-0.2, -0.15) is 18.3 Å². The van der Waals surface area contributed by atoms with Crippen molar-refractivity contribution in [2.45, 2.75) is 38.8 Å². The van der Waals surface area contributed by atoms with Crippen molar-refractivity contribution in [1.82, 2.24) is 5.01 Å². The summed E-state index contributed by atoms with van der Waals surface area (Å²) in [4.78, 5) is 24.8. The summed E-state index contributed by atoms with van der Waals surface area (Å²) in [6, 6.07) is 12.4. The number of benzene rings is 2. The Hall–Kier alpha value is -3.36. The standard InChI is InChI=1S/C23H24F3N3O3/c1-2-14-32-20-9-8-17(23(24,25)26)15-19(20)27-21(30)10-11-22(31)29-13-12-18(28-29)16-6-4-3-5-7-16/h3-9,15H,2,10-14H2,1H3,(H,27,30). The molecule has 2 aromatic carbocycles. The van der Waals surface area contributed by atoms with Gasteiger partial charge in [0.15, 0.2) is 0 Å². The molecule has 170 valence electrons. The molecule has 9 heteroatoms. The molecule has 0 bridgehead atoms. The SMILES string of the molecule is CCCOc1ccc(C(F)(F)F)cc1NC(=O)CCC(=O)N1CCC(c2ccccc2)=N1. The van der Waals surface area contributed by atoms with Crippen molar-refractivity contribution in [3.63, 3.8) is 0 Å². The average Bonchev–Trinajstić information content (AvgIpc) is 3.27. The Morgan fingerprint density at radius 1 is 1.12 bits per heavy atom. The van der Waals surface area contributed by atoms with Crippen molar-refractivity contribution in [2.24, 2.45) is 5.10 Å². The molecule has 0 fully saturated rings. The summed E-state index contributed by atoms with van der Waals surface area (Å²) < 4.78 is 44.6. The monoisotopic (exact) mass is 447 g/mol. The molecule has 3 rings (SSSR count). The second-order valence-electron chi connectivity index (χ2n) is 7.28. The molecule has 2 aromatic rings. The van der Waals surface area contributed by atoms with Crippen LogP contribution in [0.5, 0.6) is 5.75 Å². The molecule has 0 aromatic heterocycles. The number of anilines is 1. The molecule has 6 nitrogen and oxygen atoms in total. The Balaban J connectivity index is 1.60. The van der Waals surface area contributed by atoms with Gasteiger partial charge in [0.2, 0.25) is 11.8 Å². The quantitative estimate of drug-likeness (QED) is 0.629. The maximum atomic E-state index is 13.1. The van der Waals surface area contributed by atoms with Crippen LogP contribution in [-0.4, -0.2) is 35.7 Å². The van der Waals surface area contributed by atoms with Gasteiger partial charge in [0.25, 0.3) is 0 Å². The van der Waals surface area contributed by atoms with Crippen molar-refractivity contribution < 1.29 is 27.5 Å². The van der Waals surface area contributed by atoms with E-state index in [1.165, 1.54) is 11.1 Å². The van der Waals surface area contributed by atoms with Gasteiger partial charge in [0.1, 0.15) is 5.75 Å². The van der Waals surface area contributed by atoms with E-state index in [0.29, 0.717) is 26.0 Å². The molecule has 1 aliphatic heterocycles. The van der Waals surface area contributed by atoms with E-state index in [4.69, 9.17) is 4.74 Å². The average molecular weight is 447 g/mol. The Labute approximate surface area is 184 Å². The molecule has 1 heterocycles. The van der Waals surface area contributed by atoms with E-state index in [1.807, 2.05) is 37.3 Å². The summed E-state index contributed by atoms with van der Waals surface area (Å²) in [5.74, 6) is -0.751. The molecule has 0 radical (unpaired) electrons. The van der Waals surface area contributed by atoms with Crippen LogP contribution in [0, 0.1) is 0 Å². The molecule has 2 amide bonds. The summed E-state index contributed by atoms with van der Waals surface area (Å²) in [5, 5.41) is 8.10. The minimum absolute atomic E-state index is 0.0729. The minimum Gasteiger partial charge on any atom is -0.491 e. The Kier molecular flexibility index (Phi) is 7.50. The van der Waals surface area contributed by atoms with E-state index in [2.05, 4.69) is 10.4 Å². The van der Waals surface area contributed by atoms with Crippen LogP contribution in [0.4, 0.5) is 18.9 Å². The van der Waals surface area contributed by atoms with E-state index in [-0.39, 0.29) is 30.2 Å². The fourth-order valence-corrected chi connectivity index (χ4v) is 3.17. The lowest BCUT2D eigenvalue weighted by Gasteiger charge is -2.15. The summed E-state index contributed by atoms with van der Waals surface area (Å²) in [6.07, 6.45) is -3.58. The molecular formula is C23H24F3N3O3. The number of hydrogen-bond donors (Lipinski definition) is 1. The highest BCUT2D eigenvalue weighted by atomic mass is 19.4. The number of carbonyl (C=O) groups excluding carboxylic acids is 2. The third-order valence-corrected chi connectivity index (χ3v) is 4.81. The van der Waals surface area contributed by atoms with Crippen molar-refractivity contribution in [3.05, 3.63) is 59.7 Å². The largest absolute Gasteiger partial charge is 0.491 e. The Morgan fingerprint density at radius 2 is 1.88 bits per heavy atom. The van der Waals surface area contributed by atoms with Crippen molar-refractivity contribution in [3.8, 4) is 5.75 Å². The van der Waals surface area contributed by atoms with Gasteiger partial charge < -0.3 is 10.1 Å². The number of ether oxygens (including phenoxy) is 1. The highest BCUT2D eigenvalue weighted by Crippen LogP contribution is 2.35. The summed E-state index contributed by atoms with van der Waals surface area (Å²) in [5.41, 5.74) is 0.763. The van der Waals surface area contributed by atoms with Gasteiger partial charge in [-0.05, 0) is 30.2 Å². The van der Waals surface area contributed by atoms with Crippen molar-refractivity contribution in [2.75, 3.05) is 18.5 Å². The fraction of sp³-hybridized carbons (Fsp3) is 0.348. The van der Waals surface area contributed by atoms with Gasteiger partial charge in [0.05, 0.1) is 30.1 Å². The third kappa shape index (κ3) is 6.09. The van der Waals surface area contributed by atoms with Crippen LogP contribution >= 0.6 is 0 Å². The lowest BCUT2D eigenvalue weighted by Crippen LogP contribution is -2.25. The van der Waals surface area contributed by atoms with Crippen molar-refractivity contribution in [1.29, 1.82) is 0 Å². The second kappa shape index (κ2) is 10.3. The van der Waals surface area contributed by atoms with Gasteiger partial charge in [-0.15, -0.1) is 0 Å². The lowest BCUT2D eigenvalue weighted by atomic mass is 10.1. The zero-order valence-corrected chi connectivity index (χ0v) is 17.6. The zero-order chi connectivity index (χ0) is 23.1. The molecule has 0 atom stereocenters. The fourth-order valence-electron chi connectivity index (χ4n) is 3.17. The highest BCUT2D eigenvalue weighted by molar-refractivity contribution is 6.03. The van der Waals surface area contributed by atoms with E-state index in [1.54, 1.807) is 0 Å². The van der Waals surface area contributed by atoms with Gasteiger partial charge >= 0.3 is 6.18 Å². The number of rotatable bonds is 8. The molecule has 0 spiro atoms. The smallest absolute Gasteiger partial charge is 0.416 e. The maximum absolute atomic E-state index is 13.1. The molecule has 0 saturated heterocycles.